The van der Waals surface area contributed by atoms with Gasteiger partial charge in [0.15, 0.2) is 0 Å². The predicted molar refractivity (Wildman–Crippen MR) is 35.0 cm³/mol. The van der Waals surface area contributed by atoms with E-state index in [1.54, 1.807) is 13.8 Å². The molecule has 0 atom stereocenters. The third-order valence-electron chi connectivity index (χ3n) is 0.681. The van der Waals surface area contributed by atoms with Crippen LogP contribution in [0.5, 0.6) is 0 Å². The second-order valence-electron chi connectivity index (χ2n) is 2.25. The van der Waals surface area contributed by atoms with Gasteiger partial charge in [-0.3, -0.25) is 0 Å². The molecule has 0 aromatic heterocycles. The first-order valence-electron chi connectivity index (χ1n) is 2.44. The quantitative estimate of drug-likeness (QED) is 0.498. The van der Waals surface area contributed by atoms with Crippen molar-refractivity contribution in [1.82, 2.24) is 0 Å². The van der Waals surface area contributed by atoms with E-state index in [1.165, 1.54) is 0 Å². The van der Waals surface area contributed by atoms with Gasteiger partial charge in [0.1, 0.15) is 5.60 Å². The molecule has 0 saturated carbocycles. The van der Waals surface area contributed by atoms with Crippen LogP contribution in [0.1, 0.15) is 13.8 Å². The molecule has 53 valence electrons. The number of ether oxygens (including phenoxy) is 1. The van der Waals surface area contributed by atoms with Crippen LogP contribution in [0.3, 0.4) is 0 Å². The summed E-state index contributed by atoms with van der Waals surface area (Å²) < 4.78 is 4.35. The van der Waals surface area contributed by atoms with Crippen molar-refractivity contribution in [2.24, 2.45) is 0 Å². The van der Waals surface area contributed by atoms with E-state index < -0.39 is 11.8 Å². The van der Waals surface area contributed by atoms with Crippen molar-refractivity contribution in [3.05, 3.63) is 0 Å². The Labute approximate surface area is 62.1 Å². The van der Waals surface area contributed by atoms with Gasteiger partial charge >= 0.3 is 6.16 Å². The molecule has 0 saturated heterocycles. The largest absolute Gasteiger partial charge is 0.550 e. The number of carbonyl (C=O) groups excluding carboxylic acids is 1. The van der Waals surface area contributed by atoms with E-state index in [9.17, 15) is 9.90 Å². The molecule has 0 amide bonds. The van der Waals surface area contributed by atoms with E-state index in [0.717, 1.165) is 0 Å². The van der Waals surface area contributed by atoms with Gasteiger partial charge in [0, 0.05) is 5.33 Å². The smallest absolute Gasteiger partial charge is 0.425 e. The number of halogens is 1. The van der Waals surface area contributed by atoms with E-state index in [0.29, 0.717) is 5.33 Å². The fourth-order valence-corrected chi connectivity index (χ4v) is 0.367. The van der Waals surface area contributed by atoms with Gasteiger partial charge in [0.05, 0.1) is 0 Å². The summed E-state index contributed by atoms with van der Waals surface area (Å²) in [7, 11) is 0. The van der Waals surface area contributed by atoms with Crippen molar-refractivity contribution in [2.75, 3.05) is 5.33 Å². The average molecular weight is 196 g/mol. The van der Waals surface area contributed by atoms with Crippen LogP contribution in [0.4, 0.5) is 4.79 Å². The van der Waals surface area contributed by atoms with Crippen LogP contribution in [0, 0.1) is 0 Å². The lowest BCUT2D eigenvalue weighted by molar-refractivity contribution is 0.00198. The van der Waals surface area contributed by atoms with Crippen molar-refractivity contribution in [1.29, 1.82) is 0 Å². The minimum Gasteiger partial charge on any atom is -0.425 e. The molecule has 4 heteroatoms. The predicted octanol–water partition coefficient (Wildman–Crippen LogP) is 1.73. The number of carbonyl (C=O) groups is 1. The zero-order chi connectivity index (χ0) is 7.49. The summed E-state index contributed by atoms with van der Waals surface area (Å²) in [6, 6.07) is 0. The van der Waals surface area contributed by atoms with Crippen LogP contribution in [0.15, 0.2) is 0 Å². The third-order valence-corrected chi connectivity index (χ3v) is 2.03. The third kappa shape index (κ3) is 4.27. The molecule has 0 aromatic carbocycles. The summed E-state index contributed by atoms with van der Waals surface area (Å²) in [5.74, 6) is 0. The van der Waals surface area contributed by atoms with Gasteiger partial charge < -0.3 is 4.74 Å². The molecular formula is C5H8BrO3. The Morgan fingerprint density at radius 1 is 1.67 bits per heavy atom. The molecule has 0 aromatic rings. The Morgan fingerprint density at radius 2 is 2.11 bits per heavy atom. The number of hydrogen-bond donors (Lipinski definition) is 0. The molecule has 9 heavy (non-hydrogen) atoms. The minimum atomic E-state index is -1.49. The Morgan fingerprint density at radius 3 is 2.22 bits per heavy atom. The van der Waals surface area contributed by atoms with Crippen LogP contribution >= 0.6 is 15.9 Å². The number of alkyl halides is 1. The normalized spacial score (nSPS) is 11.0. The Hall–Kier alpha value is -0.250. The van der Waals surface area contributed by atoms with Gasteiger partial charge in [-0.05, 0) is 13.8 Å². The maximum atomic E-state index is 9.82. The molecule has 3 nitrogen and oxygen atoms in total. The highest BCUT2D eigenvalue weighted by atomic mass is 79.9. The van der Waals surface area contributed by atoms with Crippen LogP contribution in [0.2, 0.25) is 0 Å². The van der Waals surface area contributed by atoms with Gasteiger partial charge in [0.2, 0.25) is 0 Å². The van der Waals surface area contributed by atoms with E-state index in [4.69, 9.17) is 0 Å². The van der Waals surface area contributed by atoms with Crippen molar-refractivity contribution < 1.29 is 14.6 Å². The number of hydrogen-bond acceptors (Lipinski definition) is 2. The van der Waals surface area contributed by atoms with Crippen LogP contribution in [-0.4, -0.2) is 17.1 Å². The van der Waals surface area contributed by atoms with E-state index in [-0.39, 0.29) is 0 Å². The topological polar surface area (TPSA) is 46.2 Å². The molecule has 0 aliphatic rings. The van der Waals surface area contributed by atoms with Gasteiger partial charge in [-0.15, -0.1) is 0 Å². The summed E-state index contributed by atoms with van der Waals surface area (Å²) in [5, 5.41) is 10.3. The van der Waals surface area contributed by atoms with Gasteiger partial charge in [0.25, 0.3) is 0 Å². The first kappa shape index (κ1) is 8.75. The zero-order valence-electron chi connectivity index (χ0n) is 5.31. The fraction of sp³-hybridized carbons (Fsp3) is 0.800. The second-order valence-corrected chi connectivity index (χ2v) is 2.81. The summed E-state index contributed by atoms with van der Waals surface area (Å²) in [5.41, 5.74) is -0.682. The molecule has 0 fully saturated rings. The summed E-state index contributed by atoms with van der Waals surface area (Å²) in [4.78, 5) is 9.82. The van der Waals surface area contributed by atoms with E-state index >= 15 is 0 Å². The number of rotatable bonds is 2. The summed E-state index contributed by atoms with van der Waals surface area (Å²) in [6.45, 7) is 3.30. The minimum absolute atomic E-state index is 0.466. The molecule has 0 heterocycles. The fourth-order valence-electron chi connectivity index (χ4n) is 0.253. The van der Waals surface area contributed by atoms with Gasteiger partial charge in [-0.1, -0.05) is 15.9 Å². The monoisotopic (exact) mass is 195 g/mol. The molecule has 0 spiro atoms. The lowest BCUT2D eigenvalue weighted by Gasteiger charge is -2.18. The standard InChI is InChI=1S/C5H8BrO3/c1-5(2,3-6)9-4(7)8/h3H2,1-2H3. The van der Waals surface area contributed by atoms with E-state index in [1.807, 2.05) is 0 Å². The molecule has 0 aliphatic carbocycles. The first-order chi connectivity index (χ1) is 3.98. The van der Waals surface area contributed by atoms with Gasteiger partial charge in [-0.25, -0.2) is 0 Å². The van der Waals surface area contributed by atoms with E-state index in [2.05, 4.69) is 20.7 Å². The maximum absolute atomic E-state index is 9.82. The average Bonchev–Trinajstić information content (AvgIpc) is 1.63. The molecule has 0 N–H and O–H groups in total. The van der Waals surface area contributed by atoms with Gasteiger partial charge in [-0.2, -0.15) is 9.90 Å². The lowest BCUT2D eigenvalue weighted by Crippen LogP contribution is -2.28. The van der Waals surface area contributed by atoms with Crippen LogP contribution < -0.4 is 0 Å². The lowest BCUT2D eigenvalue weighted by atomic mass is 10.2. The van der Waals surface area contributed by atoms with Crippen molar-refractivity contribution >= 4 is 22.1 Å². The van der Waals surface area contributed by atoms with Crippen molar-refractivity contribution in [3.63, 3.8) is 0 Å². The van der Waals surface area contributed by atoms with Crippen molar-refractivity contribution in [2.45, 2.75) is 19.4 Å². The Bertz CT molecular complexity index is 111. The molecule has 0 aliphatic heterocycles. The molecular weight excluding hydrogens is 188 g/mol. The highest BCUT2D eigenvalue weighted by Gasteiger charge is 2.21. The maximum Gasteiger partial charge on any atom is 0.550 e. The Balaban J connectivity index is 3.71. The molecule has 0 unspecified atom stereocenters. The van der Waals surface area contributed by atoms with Crippen LogP contribution in [0.25, 0.3) is 0 Å². The summed E-state index contributed by atoms with van der Waals surface area (Å²) >= 11 is 3.08. The highest BCUT2D eigenvalue weighted by molar-refractivity contribution is 9.09. The molecule has 0 rings (SSSR count). The molecule has 0 bridgehead atoms. The zero-order valence-corrected chi connectivity index (χ0v) is 6.90. The Kier molecular flexibility index (Phi) is 2.97. The first-order valence-corrected chi connectivity index (χ1v) is 3.56. The summed E-state index contributed by atoms with van der Waals surface area (Å²) in [6.07, 6.45) is -1.49. The van der Waals surface area contributed by atoms with Crippen LogP contribution in [-0.2, 0) is 9.84 Å². The highest BCUT2D eigenvalue weighted by Crippen LogP contribution is 2.11. The second kappa shape index (κ2) is 3.06. The SMILES string of the molecule is CC(C)(CBr)OC([O])=O. The van der Waals surface area contributed by atoms with Crippen molar-refractivity contribution in [3.8, 4) is 0 Å². The molecule has 1 radical (unpaired) electrons.